The normalized spacial score (nSPS) is 10.9. The first kappa shape index (κ1) is 18.2. The maximum atomic E-state index is 3.82. The first-order valence-electron chi connectivity index (χ1n) is 7.80. The molecule has 0 aromatic heterocycles. The second-order valence-corrected chi connectivity index (χ2v) is 18.0. The van der Waals surface area contributed by atoms with Gasteiger partial charge in [-0.05, 0) is 0 Å². The molecule has 1 nitrogen and oxygen atoms in total. The van der Waals surface area contributed by atoms with Gasteiger partial charge in [-0.1, -0.05) is 0 Å². The molecule has 0 fully saturated rings. The van der Waals surface area contributed by atoms with Crippen LogP contribution in [0.2, 0.25) is 13.3 Å². The molecule has 0 atom stereocenters. The van der Waals surface area contributed by atoms with Gasteiger partial charge in [-0.25, -0.2) is 0 Å². The van der Waals surface area contributed by atoms with E-state index in [1.807, 2.05) is 0 Å². The topological polar surface area (TPSA) is 3.24 Å². The van der Waals surface area contributed by atoms with Gasteiger partial charge < -0.3 is 0 Å². The second-order valence-electron chi connectivity index (χ2n) is 5.72. The number of nitrogens with zero attached hydrogens (tertiary/aromatic N) is 1. The van der Waals surface area contributed by atoms with Crippen molar-refractivity contribution in [2.75, 3.05) is 14.1 Å². The Morgan fingerprint density at radius 2 is 1.17 bits per heavy atom. The summed E-state index contributed by atoms with van der Waals surface area (Å²) in [5, 5.41) is 0. The van der Waals surface area contributed by atoms with Crippen LogP contribution in [0.5, 0.6) is 0 Å². The SMILES string of the molecule is CCC[CH2][Sn]([C]#CN(C)C)([CH2]CCC)[CH2]CCC. The van der Waals surface area contributed by atoms with Gasteiger partial charge in [0, 0.05) is 0 Å². The van der Waals surface area contributed by atoms with Gasteiger partial charge in [0.1, 0.15) is 0 Å². The third-order valence-electron chi connectivity index (χ3n) is 3.57. The number of rotatable bonds is 9. The van der Waals surface area contributed by atoms with Crippen LogP contribution in [0, 0.1) is 9.98 Å². The van der Waals surface area contributed by atoms with Crippen molar-refractivity contribution in [3.63, 3.8) is 0 Å². The quantitative estimate of drug-likeness (QED) is 0.322. The molecule has 0 bridgehead atoms. The van der Waals surface area contributed by atoms with E-state index in [0.29, 0.717) is 0 Å². The van der Waals surface area contributed by atoms with Crippen LogP contribution < -0.4 is 0 Å². The summed E-state index contributed by atoms with van der Waals surface area (Å²) in [6, 6.07) is 3.39. The van der Waals surface area contributed by atoms with Crippen LogP contribution in [0.4, 0.5) is 0 Å². The summed E-state index contributed by atoms with van der Waals surface area (Å²) in [5.74, 6) is 0. The molecule has 0 aliphatic heterocycles. The molecule has 0 heterocycles. The Balaban J connectivity index is 4.80. The predicted molar refractivity (Wildman–Crippen MR) is 86.4 cm³/mol. The van der Waals surface area contributed by atoms with Crippen LogP contribution >= 0.6 is 0 Å². The van der Waals surface area contributed by atoms with Crippen molar-refractivity contribution < 1.29 is 0 Å². The molecule has 0 saturated carbocycles. The van der Waals surface area contributed by atoms with Gasteiger partial charge in [0.15, 0.2) is 0 Å². The molecule has 0 radical (unpaired) electrons. The Labute approximate surface area is 120 Å². The van der Waals surface area contributed by atoms with Crippen LogP contribution in [0.15, 0.2) is 0 Å². The molecule has 0 spiro atoms. The van der Waals surface area contributed by atoms with E-state index >= 15 is 0 Å². The molecule has 0 saturated heterocycles. The van der Waals surface area contributed by atoms with Crippen molar-refractivity contribution in [3.05, 3.63) is 0 Å². The molecule has 2 heteroatoms. The molecule has 0 amide bonds. The zero-order chi connectivity index (χ0) is 13.9. The van der Waals surface area contributed by atoms with Gasteiger partial charge in [-0.2, -0.15) is 0 Å². The van der Waals surface area contributed by atoms with Gasteiger partial charge >= 0.3 is 120 Å². The van der Waals surface area contributed by atoms with Crippen LogP contribution in [-0.4, -0.2) is 37.4 Å². The zero-order valence-electron chi connectivity index (χ0n) is 13.3. The fourth-order valence-corrected chi connectivity index (χ4v) is 15.7. The molecule has 0 aliphatic rings. The van der Waals surface area contributed by atoms with E-state index in [9.17, 15) is 0 Å². The Kier molecular flexibility index (Phi) is 11.1. The molecule has 0 aromatic rings. The summed E-state index contributed by atoms with van der Waals surface area (Å²) in [6.07, 6.45) is 8.23. The summed E-state index contributed by atoms with van der Waals surface area (Å²) in [5.41, 5.74) is 0. The fraction of sp³-hybridized carbons (Fsp3) is 0.875. The van der Waals surface area contributed by atoms with Crippen molar-refractivity contribution in [2.45, 2.75) is 72.6 Å². The van der Waals surface area contributed by atoms with E-state index in [1.54, 1.807) is 0 Å². The van der Waals surface area contributed by atoms with Gasteiger partial charge in [0.25, 0.3) is 0 Å². The Hall–Kier alpha value is 0.159. The molecular weight excluding hydrogens is 325 g/mol. The van der Waals surface area contributed by atoms with E-state index in [0.717, 1.165) is 0 Å². The first-order chi connectivity index (χ1) is 8.60. The number of hydrogen-bond donors (Lipinski definition) is 0. The number of unbranched alkanes of at least 4 members (excludes halogenated alkanes) is 3. The fourth-order valence-electron chi connectivity index (χ4n) is 2.34. The summed E-state index contributed by atoms with van der Waals surface area (Å²) < 4.78 is 8.30. The predicted octanol–water partition coefficient (Wildman–Crippen LogP) is 4.90. The van der Waals surface area contributed by atoms with E-state index in [1.165, 1.54) is 51.8 Å². The second kappa shape index (κ2) is 11.0. The Morgan fingerprint density at radius 3 is 1.44 bits per heavy atom. The maximum absolute atomic E-state index is 3.82. The number of hydrogen-bond acceptors (Lipinski definition) is 1. The molecule has 18 heavy (non-hydrogen) atoms. The average molecular weight is 358 g/mol. The van der Waals surface area contributed by atoms with E-state index < -0.39 is 18.4 Å². The third kappa shape index (κ3) is 8.29. The van der Waals surface area contributed by atoms with E-state index in [4.69, 9.17) is 0 Å². The van der Waals surface area contributed by atoms with Crippen LogP contribution in [0.3, 0.4) is 0 Å². The summed E-state index contributed by atoms with van der Waals surface area (Å²) in [4.78, 5) is 2.05. The minimum atomic E-state index is -2.15. The Bertz CT molecular complexity index is 228. The summed E-state index contributed by atoms with van der Waals surface area (Å²) >= 11 is -2.15. The third-order valence-corrected chi connectivity index (χ3v) is 16.6. The Morgan fingerprint density at radius 1 is 0.778 bits per heavy atom. The van der Waals surface area contributed by atoms with Crippen LogP contribution in [0.25, 0.3) is 0 Å². The van der Waals surface area contributed by atoms with E-state index in [-0.39, 0.29) is 0 Å². The van der Waals surface area contributed by atoms with Gasteiger partial charge in [0.05, 0.1) is 0 Å². The summed E-state index contributed by atoms with van der Waals surface area (Å²) in [7, 11) is 4.15. The van der Waals surface area contributed by atoms with Crippen LogP contribution in [-0.2, 0) is 0 Å². The standard InChI is InChI=1S/C4H6N.3C4H9.Sn/c1-4-5(2)3;3*1-3-4-2;/h2-3H3;3*1,3-4H2,2H3;. The molecule has 0 unspecified atom stereocenters. The average Bonchev–Trinajstić information content (AvgIpc) is 2.37. The molecule has 0 rings (SSSR count). The minimum absolute atomic E-state index is 1.33. The van der Waals surface area contributed by atoms with Crippen molar-refractivity contribution in [3.8, 4) is 9.98 Å². The van der Waals surface area contributed by atoms with Crippen molar-refractivity contribution >= 4 is 18.4 Å². The molecule has 0 aliphatic carbocycles. The molecule has 106 valence electrons. The van der Waals surface area contributed by atoms with Crippen molar-refractivity contribution in [1.29, 1.82) is 0 Å². The zero-order valence-corrected chi connectivity index (χ0v) is 16.2. The van der Waals surface area contributed by atoms with Gasteiger partial charge in [-0.15, -0.1) is 0 Å². The van der Waals surface area contributed by atoms with Crippen molar-refractivity contribution in [1.82, 2.24) is 4.90 Å². The van der Waals surface area contributed by atoms with Crippen LogP contribution in [0.1, 0.15) is 59.3 Å². The monoisotopic (exact) mass is 359 g/mol. The molecule has 0 N–H and O–H groups in total. The molecule has 0 aromatic carbocycles. The van der Waals surface area contributed by atoms with Gasteiger partial charge in [0.2, 0.25) is 0 Å². The van der Waals surface area contributed by atoms with E-state index in [2.05, 4.69) is 49.7 Å². The summed E-state index contributed by atoms with van der Waals surface area (Å²) in [6.45, 7) is 6.95. The van der Waals surface area contributed by atoms with Gasteiger partial charge in [-0.3, -0.25) is 0 Å². The van der Waals surface area contributed by atoms with Crippen molar-refractivity contribution in [2.24, 2.45) is 0 Å². The molecular formula is C16H33NSn. The first-order valence-corrected chi connectivity index (χ1v) is 15.3.